The summed E-state index contributed by atoms with van der Waals surface area (Å²) in [5.74, 6) is -0.470. The van der Waals surface area contributed by atoms with Gasteiger partial charge in [-0.3, -0.25) is 4.79 Å². The molecular formula is C12H17N3O3S. The third kappa shape index (κ3) is 3.66. The average Bonchev–Trinajstić information content (AvgIpc) is 3.09. The third-order valence-corrected chi connectivity index (χ3v) is 3.59. The lowest BCUT2D eigenvalue weighted by molar-refractivity contribution is -0.119. The van der Waals surface area contributed by atoms with Gasteiger partial charge in [0, 0.05) is 6.04 Å². The summed E-state index contributed by atoms with van der Waals surface area (Å²) in [6.45, 7) is 3.96. The Hall–Kier alpha value is -1.63. The predicted octanol–water partition coefficient (Wildman–Crippen LogP) is 1.32. The lowest BCUT2D eigenvalue weighted by atomic mass is 10.2. The van der Waals surface area contributed by atoms with Crippen LogP contribution in [0.3, 0.4) is 0 Å². The summed E-state index contributed by atoms with van der Waals surface area (Å²) in [6, 6.07) is 0.335. The van der Waals surface area contributed by atoms with Gasteiger partial charge >= 0.3 is 5.97 Å². The Morgan fingerprint density at radius 1 is 1.47 bits per heavy atom. The standard InChI is InChI=1S/C12H17N3O3S/c1-3-18-12(17)10-7(2)15-19-11(10)13-6-9(16)14-8-4-5-8/h8,13H,3-6H2,1-2H3,(H,14,16). The van der Waals surface area contributed by atoms with Crippen LogP contribution in [-0.4, -0.2) is 35.4 Å². The molecule has 0 radical (unpaired) electrons. The van der Waals surface area contributed by atoms with Gasteiger partial charge in [0.2, 0.25) is 5.91 Å². The van der Waals surface area contributed by atoms with E-state index in [4.69, 9.17) is 4.74 Å². The van der Waals surface area contributed by atoms with Gasteiger partial charge in [-0.05, 0) is 38.2 Å². The largest absolute Gasteiger partial charge is 0.462 e. The SMILES string of the molecule is CCOC(=O)c1c(C)nsc1NCC(=O)NC1CC1. The molecule has 1 aromatic rings. The van der Waals surface area contributed by atoms with Crippen molar-refractivity contribution in [2.24, 2.45) is 0 Å². The summed E-state index contributed by atoms with van der Waals surface area (Å²) >= 11 is 1.16. The van der Waals surface area contributed by atoms with Crippen LogP contribution in [0.5, 0.6) is 0 Å². The normalized spacial score (nSPS) is 14.0. The Morgan fingerprint density at radius 2 is 2.21 bits per heavy atom. The number of hydrogen-bond donors (Lipinski definition) is 2. The smallest absolute Gasteiger partial charge is 0.343 e. The molecule has 1 aliphatic carbocycles. The van der Waals surface area contributed by atoms with Crippen LogP contribution in [0.25, 0.3) is 0 Å². The summed E-state index contributed by atoms with van der Waals surface area (Å²) in [5.41, 5.74) is 1.04. The molecule has 104 valence electrons. The van der Waals surface area contributed by atoms with E-state index in [-0.39, 0.29) is 12.5 Å². The summed E-state index contributed by atoms with van der Waals surface area (Å²) in [5, 5.41) is 6.41. The van der Waals surface area contributed by atoms with E-state index in [1.54, 1.807) is 13.8 Å². The van der Waals surface area contributed by atoms with Crippen molar-refractivity contribution in [3.8, 4) is 0 Å². The van der Waals surface area contributed by atoms with Crippen molar-refractivity contribution < 1.29 is 14.3 Å². The minimum Gasteiger partial charge on any atom is -0.462 e. The fourth-order valence-corrected chi connectivity index (χ4v) is 2.38. The fraction of sp³-hybridized carbons (Fsp3) is 0.583. The minimum atomic E-state index is -0.404. The number of amides is 1. The molecule has 0 unspecified atom stereocenters. The van der Waals surface area contributed by atoms with Gasteiger partial charge in [0.05, 0.1) is 18.8 Å². The summed E-state index contributed by atoms with van der Waals surface area (Å²) in [6.07, 6.45) is 2.11. The molecule has 0 bridgehead atoms. The molecule has 0 atom stereocenters. The zero-order chi connectivity index (χ0) is 13.8. The minimum absolute atomic E-state index is 0.0663. The van der Waals surface area contributed by atoms with E-state index in [2.05, 4.69) is 15.0 Å². The van der Waals surface area contributed by atoms with Gasteiger partial charge in [0.15, 0.2) is 0 Å². The molecule has 1 saturated carbocycles. The number of esters is 1. The second-order valence-electron chi connectivity index (χ2n) is 4.39. The monoisotopic (exact) mass is 283 g/mol. The number of ether oxygens (including phenoxy) is 1. The maximum atomic E-state index is 11.8. The van der Waals surface area contributed by atoms with Crippen molar-refractivity contribution >= 4 is 28.4 Å². The van der Waals surface area contributed by atoms with Gasteiger partial charge in [-0.25, -0.2) is 4.79 Å². The van der Waals surface area contributed by atoms with Gasteiger partial charge in [-0.2, -0.15) is 4.37 Å². The van der Waals surface area contributed by atoms with Gasteiger partial charge in [0.25, 0.3) is 0 Å². The quantitative estimate of drug-likeness (QED) is 0.770. The first-order valence-electron chi connectivity index (χ1n) is 6.28. The number of hydrogen-bond acceptors (Lipinski definition) is 6. The zero-order valence-corrected chi connectivity index (χ0v) is 11.8. The first-order valence-corrected chi connectivity index (χ1v) is 7.05. The molecule has 19 heavy (non-hydrogen) atoms. The Kier molecular flexibility index (Phi) is 4.36. The predicted molar refractivity (Wildman–Crippen MR) is 72.5 cm³/mol. The highest BCUT2D eigenvalue weighted by atomic mass is 32.1. The number of aryl methyl sites for hydroxylation is 1. The molecule has 6 nitrogen and oxygen atoms in total. The number of carbonyl (C=O) groups excluding carboxylic acids is 2. The van der Waals surface area contributed by atoms with Gasteiger partial charge in [0.1, 0.15) is 10.6 Å². The molecule has 0 saturated heterocycles. The van der Waals surface area contributed by atoms with E-state index in [0.717, 1.165) is 24.4 Å². The Balaban J connectivity index is 1.95. The summed E-state index contributed by atoms with van der Waals surface area (Å²) in [7, 11) is 0. The van der Waals surface area contributed by atoms with Crippen molar-refractivity contribution in [1.29, 1.82) is 0 Å². The van der Waals surface area contributed by atoms with E-state index < -0.39 is 5.97 Å². The van der Waals surface area contributed by atoms with Crippen molar-refractivity contribution in [2.45, 2.75) is 32.7 Å². The number of rotatable bonds is 6. The molecule has 1 amide bonds. The topological polar surface area (TPSA) is 80.3 Å². The summed E-state index contributed by atoms with van der Waals surface area (Å²) in [4.78, 5) is 23.4. The average molecular weight is 283 g/mol. The van der Waals surface area contributed by atoms with E-state index in [0.29, 0.717) is 28.9 Å². The molecule has 0 spiro atoms. The van der Waals surface area contributed by atoms with Crippen LogP contribution >= 0.6 is 11.5 Å². The van der Waals surface area contributed by atoms with Gasteiger partial charge in [-0.15, -0.1) is 0 Å². The first-order chi connectivity index (χ1) is 9.11. The highest BCUT2D eigenvalue weighted by Crippen LogP contribution is 2.25. The lowest BCUT2D eigenvalue weighted by Gasteiger charge is -2.07. The van der Waals surface area contributed by atoms with E-state index in [1.165, 1.54) is 0 Å². The second kappa shape index (κ2) is 6.01. The molecule has 1 aliphatic rings. The van der Waals surface area contributed by atoms with Crippen molar-refractivity contribution in [3.63, 3.8) is 0 Å². The van der Waals surface area contributed by atoms with Crippen LogP contribution in [0, 0.1) is 6.92 Å². The molecule has 7 heteroatoms. The van der Waals surface area contributed by atoms with Crippen LogP contribution in [-0.2, 0) is 9.53 Å². The zero-order valence-electron chi connectivity index (χ0n) is 11.0. The van der Waals surface area contributed by atoms with Crippen LogP contribution in [0.2, 0.25) is 0 Å². The van der Waals surface area contributed by atoms with E-state index in [9.17, 15) is 9.59 Å². The molecule has 2 rings (SSSR count). The number of anilines is 1. The molecule has 1 fully saturated rings. The number of nitrogens with one attached hydrogen (secondary N) is 2. The molecule has 0 aliphatic heterocycles. The lowest BCUT2D eigenvalue weighted by Crippen LogP contribution is -2.31. The van der Waals surface area contributed by atoms with Crippen LogP contribution in [0.1, 0.15) is 35.8 Å². The van der Waals surface area contributed by atoms with Gasteiger partial charge < -0.3 is 15.4 Å². The van der Waals surface area contributed by atoms with Gasteiger partial charge in [-0.1, -0.05) is 0 Å². The molecular weight excluding hydrogens is 266 g/mol. The first kappa shape index (κ1) is 13.8. The molecule has 2 N–H and O–H groups in total. The van der Waals surface area contributed by atoms with Crippen molar-refractivity contribution in [2.75, 3.05) is 18.5 Å². The summed E-state index contributed by atoms with van der Waals surface area (Å²) < 4.78 is 9.09. The van der Waals surface area contributed by atoms with Crippen LogP contribution in [0.4, 0.5) is 5.00 Å². The van der Waals surface area contributed by atoms with Crippen molar-refractivity contribution in [1.82, 2.24) is 9.69 Å². The fourth-order valence-electron chi connectivity index (χ4n) is 1.60. The van der Waals surface area contributed by atoms with Crippen molar-refractivity contribution in [3.05, 3.63) is 11.3 Å². The Morgan fingerprint density at radius 3 is 2.84 bits per heavy atom. The number of carbonyl (C=O) groups is 2. The maximum absolute atomic E-state index is 11.8. The highest BCUT2D eigenvalue weighted by molar-refractivity contribution is 7.10. The highest BCUT2D eigenvalue weighted by Gasteiger charge is 2.24. The molecule has 1 aromatic heterocycles. The number of aromatic nitrogens is 1. The maximum Gasteiger partial charge on any atom is 0.343 e. The van der Waals surface area contributed by atoms with E-state index in [1.807, 2.05) is 0 Å². The molecule has 0 aromatic carbocycles. The van der Waals surface area contributed by atoms with Crippen LogP contribution < -0.4 is 10.6 Å². The number of nitrogens with zero attached hydrogens (tertiary/aromatic N) is 1. The van der Waals surface area contributed by atoms with Crippen LogP contribution in [0.15, 0.2) is 0 Å². The van der Waals surface area contributed by atoms with E-state index >= 15 is 0 Å². The Bertz CT molecular complexity index is 483. The Labute approximate surface area is 115 Å². The molecule has 1 heterocycles. The third-order valence-electron chi connectivity index (χ3n) is 2.69. The second-order valence-corrected chi connectivity index (χ2v) is 5.16.